The molecule has 0 saturated carbocycles. The third kappa shape index (κ3) is 5.30. The van der Waals surface area contributed by atoms with E-state index in [0.29, 0.717) is 5.69 Å². The van der Waals surface area contributed by atoms with Gasteiger partial charge in [-0.05, 0) is 55.2 Å². The largest absolute Gasteiger partial charge is 0.497 e. The Morgan fingerprint density at radius 3 is 2.47 bits per heavy atom. The van der Waals surface area contributed by atoms with Crippen molar-refractivity contribution in [2.75, 3.05) is 7.11 Å². The quantitative estimate of drug-likeness (QED) is 0.226. The normalized spacial score (nSPS) is 24.6. The van der Waals surface area contributed by atoms with E-state index in [1.165, 1.54) is 6.26 Å². The van der Waals surface area contributed by atoms with E-state index in [1.807, 2.05) is 44.2 Å². The molecule has 2 aliphatic rings. The molecule has 10 heteroatoms. The van der Waals surface area contributed by atoms with Crippen LogP contribution in [0.3, 0.4) is 0 Å². The van der Waals surface area contributed by atoms with Gasteiger partial charge in [-0.1, -0.05) is 44.1 Å². The highest BCUT2D eigenvalue weighted by Gasteiger charge is 2.63. The van der Waals surface area contributed by atoms with Crippen LogP contribution in [-0.4, -0.2) is 60.1 Å². The fourth-order valence-electron chi connectivity index (χ4n) is 4.74. The minimum Gasteiger partial charge on any atom is -0.497 e. The Bertz CT molecular complexity index is 1170. The number of rotatable bonds is 9. The molecular weight excluding hydrogens is 520 g/mol. The summed E-state index contributed by atoms with van der Waals surface area (Å²) in [5.74, 6) is -0.107. The zero-order valence-corrected chi connectivity index (χ0v) is 25.2. The molecule has 2 fully saturated rings. The number of aromatic nitrogens is 1. The summed E-state index contributed by atoms with van der Waals surface area (Å²) in [6, 6.07) is 8.36. The number of hydrogen-bond acceptors (Lipinski definition) is 8. The first-order valence-corrected chi connectivity index (χ1v) is 16.8. The van der Waals surface area contributed by atoms with Crippen molar-refractivity contribution in [1.82, 2.24) is 10.1 Å². The molecule has 1 aromatic carbocycles. The molecule has 1 amide bonds. The Hall–Kier alpha value is -2.56. The van der Waals surface area contributed by atoms with Crippen LogP contribution in [-0.2, 0) is 25.4 Å². The van der Waals surface area contributed by atoms with Gasteiger partial charge in [-0.3, -0.25) is 4.79 Å². The standard InChI is InChI=1S/C28H38N2O6SSi/c1-9-20(21-14-15-35-29-21)24-23(27(32)34-16-18-10-12-19(33-6)13-11-18)30-25(31)22(26(30)37-24)17(2)36-38(7,8)28(3,4)5/h9-15,17,22-24,26H,16H2,1-8H3/t17-,22+,23?,24?,26?/m1/s1. The molecule has 5 atom stereocenters. The lowest BCUT2D eigenvalue weighted by Gasteiger charge is -2.48. The predicted molar refractivity (Wildman–Crippen MR) is 150 cm³/mol. The van der Waals surface area contributed by atoms with Gasteiger partial charge in [0.1, 0.15) is 30.4 Å². The first-order valence-electron chi connectivity index (χ1n) is 12.9. The summed E-state index contributed by atoms with van der Waals surface area (Å²) in [5.41, 5.74) is 2.33. The highest BCUT2D eigenvalue weighted by atomic mass is 32.2. The number of carbonyl (C=O) groups excluding carboxylic acids is 2. The number of carbonyl (C=O) groups is 2. The van der Waals surface area contributed by atoms with Crippen molar-refractivity contribution in [2.24, 2.45) is 5.92 Å². The number of benzene rings is 1. The molecule has 0 radical (unpaired) electrons. The summed E-state index contributed by atoms with van der Waals surface area (Å²) in [5, 5.41) is 3.61. The van der Waals surface area contributed by atoms with E-state index < -0.39 is 20.3 Å². The van der Waals surface area contributed by atoms with Crippen molar-refractivity contribution in [3.05, 3.63) is 53.9 Å². The Morgan fingerprint density at radius 1 is 1.24 bits per heavy atom. The van der Waals surface area contributed by atoms with Crippen LogP contribution >= 0.6 is 11.8 Å². The first kappa shape index (κ1) is 28.4. The van der Waals surface area contributed by atoms with Crippen LogP contribution in [0, 0.1) is 5.92 Å². The van der Waals surface area contributed by atoms with Crippen molar-refractivity contribution >= 4 is 37.5 Å². The first-order chi connectivity index (χ1) is 17.9. The maximum absolute atomic E-state index is 13.6. The van der Waals surface area contributed by atoms with Crippen LogP contribution in [0.5, 0.6) is 5.75 Å². The molecule has 3 heterocycles. The van der Waals surface area contributed by atoms with Crippen LogP contribution in [0.15, 0.2) is 47.2 Å². The van der Waals surface area contributed by atoms with Gasteiger partial charge in [0, 0.05) is 6.07 Å². The molecule has 4 rings (SSSR count). The topological polar surface area (TPSA) is 91.1 Å². The lowest BCUT2D eigenvalue weighted by Crippen LogP contribution is -2.66. The Balaban J connectivity index is 1.57. The lowest BCUT2D eigenvalue weighted by atomic mass is 9.89. The lowest BCUT2D eigenvalue weighted by molar-refractivity contribution is -0.169. The number of allylic oxidation sites excluding steroid dienone is 1. The van der Waals surface area contributed by atoms with Gasteiger partial charge < -0.3 is 23.3 Å². The minimum atomic E-state index is -2.09. The van der Waals surface area contributed by atoms with Gasteiger partial charge in [0.15, 0.2) is 8.32 Å². The summed E-state index contributed by atoms with van der Waals surface area (Å²) in [6.07, 6.45) is 3.18. The highest BCUT2D eigenvalue weighted by Crippen LogP contribution is 2.53. The molecular formula is C28H38N2O6SSi. The van der Waals surface area contributed by atoms with E-state index in [0.717, 1.165) is 16.9 Å². The maximum Gasteiger partial charge on any atom is 0.330 e. The molecule has 0 aliphatic carbocycles. The Labute approximate surface area is 230 Å². The van der Waals surface area contributed by atoms with E-state index in [2.05, 4.69) is 39.0 Å². The predicted octanol–water partition coefficient (Wildman–Crippen LogP) is 5.51. The van der Waals surface area contributed by atoms with E-state index in [1.54, 1.807) is 29.8 Å². The second kappa shape index (κ2) is 10.9. The van der Waals surface area contributed by atoms with Gasteiger partial charge in [0.2, 0.25) is 5.91 Å². The van der Waals surface area contributed by atoms with Gasteiger partial charge in [-0.15, -0.1) is 11.8 Å². The number of esters is 1. The van der Waals surface area contributed by atoms with Crippen LogP contribution in [0.4, 0.5) is 0 Å². The van der Waals surface area contributed by atoms with E-state index in [9.17, 15) is 9.59 Å². The van der Waals surface area contributed by atoms with Gasteiger partial charge in [0.05, 0.1) is 29.8 Å². The van der Waals surface area contributed by atoms with Gasteiger partial charge in [-0.2, -0.15) is 0 Å². The summed E-state index contributed by atoms with van der Waals surface area (Å²) < 4.78 is 22.7. The molecule has 2 aliphatic heterocycles. The summed E-state index contributed by atoms with van der Waals surface area (Å²) >= 11 is 1.60. The molecule has 0 bridgehead atoms. The summed E-state index contributed by atoms with van der Waals surface area (Å²) in [7, 11) is -0.482. The molecule has 206 valence electrons. The number of ether oxygens (including phenoxy) is 2. The smallest absolute Gasteiger partial charge is 0.330 e. The van der Waals surface area contributed by atoms with Crippen LogP contribution in [0.2, 0.25) is 18.1 Å². The molecule has 2 saturated heterocycles. The van der Waals surface area contributed by atoms with Crippen molar-refractivity contribution in [3.63, 3.8) is 0 Å². The molecule has 0 spiro atoms. The number of methoxy groups -OCH3 is 1. The van der Waals surface area contributed by atoms with Crippen LogP contribution < -0.4 is 4.74 Å². The van der Waals surface area contributed by atoms with Crippen LogP contribution in [0.25, 0.3) is 5.57 Å². The average molecular weight is 559 g/mol. The van der Waals surface area contributed by atoms with Gasteiger partial charge in [0.25, 0.3) is 0 Å². The second-order valence-electron chi connectivity index (χ2n) is 11.3. The SMILES string of the molecule is CC=C(c1ccon1)C1SC2[C@@H]([C@@H](C)O[Si](C)(C)C(C)(C)C)C(=O)N2C1C(=O)OCc1ccc(OC)cc1. The summed E-state index contributed by atoms with van der Waals surface area (Å²) in [6.45, 7) is 14.9. The van der Waals surface area contributed by atoms with Crippen LogP contribution in [0.1, 0.15) is 45.9 Å². The number of fused-ring (bicyclic) bond motifs is 1. The molecule has 38 heavy (non-hydrogen) atoms. The molecule has 0 N–H and O–H groups in total. The highest BCUT2D eigenvalue weighted by molar-refractivity contribution is 8.01. The van der Waals surface area contributed by atoms with Crippen molar-refractivity contribution in [1.29, 1.82) is 0 Å². The summed E-state index contributed by atoms with van der Waals surface area (Å²) in [4.78, 5) is 28.8. The fraction of sp³-hybridized carbons (Fsp3) is 0.536. The van der Waals surface area contributed by atoms with E-state index in [-0.39, 0.29) is 40.2 Å². The van der Waals surface area contributed by atoms with Crippen molar-refractivity contribution in [2.45, 2.75) is 82.1 Å². The average Bonchev–Trinajstić information content (AvgIpc) is 3.49. The monoisotopic (exact) mass is 558 g/mol. The zero-order valence-electron chi connectivity index (χ0n) is 23.4. The number of β-lactam (4-membered cyclic amide) rings is 1. The minimum absolute atomic E-state index is 0.0258. The van der Waals surface area contributed by atoms with Crippen molar-refractivity contribution in [3.8, 4) is 5.75 Å². The third-order valence-electron chi connectivity index (χ3n) is 7.92. The number of thioether (sulfide) groups is 1. The number of nitrogens with zero attached hydrogens (tertiary/aromatic N) is 2. The van der Waals surface area contributed by atoms with Gasteiger partial charge in [-0.25, -0.2) is 4.79 Å². The zero-order chi connectivity index (χ0) is 27.8. The maximum atomic E-state index is 13.6. The molecule has 2 aromatic rings. The number of amides is 1. The third-order valence-corrected chi connectivity index (χ3v) is 14.1. The second-order valence-corrected chi connectivity index (χ2v) is 17.4. The molecule has 1 aromatic heterocycles. The Morgan fingerprint density at radius 2 is 1.92 bits per heavy atom. The molecule has 3 unspecified atom stereocenters. The van der Waals surface area contributed by atoms with E-state index >= 15 is 0 Å². The Kier molecular flexibility index (Phi) is 8.16. The van der Waals surface area contributed by atoms with Crippen molar-refractivity contribution < 1.29 is 28.0 Å². The molecule has 8 nitrogen and oxygen atoms in total. The van der Waals surface area contributed by atoms with E-state index in [4.69, 9.17) is 18.4 Å². The number of hydrogen-bond donors (Lipinski definition) is 0. The van der Waals surface area contributed by atoms with Gasteiger partial charge >= 0.3 is 5.97 Å². The fourth-order valence-corrected chi connectivity index (χ4v) is 8.13.